The zero-order chi connectivity index (χ0) is 23.9. The highest BCUT2D eigenvalue weighted by molar-refractivity contribution is 6.15. The van der Waals surface area contributed by atoms with Crippen molar-refractivity contribution in [3.05, 3.63) is 77.0 Å². The van der Waals surface area contributed by atoms with E-state index in [1.54, 1.807) is 18.5 Å². The number of H-pyrrole nitrogens is 2. The van der Waals surface area contributed by atoms with Crippen molar-refractivity contribution in [3.8, 4) is 11.3 Å². The van der Waals surface area contributed by atoms with Gasteiger partial charge in [-0.3, -0.25) is 4.79 Å². The Bertz CT molecular complexity index is 1620. The number of aromatic nitrogens is 5. The average molecular weight is 467 g/mol. The highest BCUT2D eigenvalue weighted by atomic mass is 16.4. The number of anilines is 2. The Morgan fingerprint density at radius 2 is 1.80 bits per heavy atom. The molecule has 0 aliphatic carbocycles. The summed E-state index contributed by atoms with van der Waals surface area (Å²) in [5.74, 6) is 0.512. The third kappa shape index (κ3) is 3.65. The molecule has 6 rings (SSSR count). The van der Waals surface area contributed by atoms with Gasteiger partial charge in [-0.25, -0.2) is 19.7 Å². The summed E-state index contributed by atoms with van der Waals surface area (Å²) in [4.78, 5) is 47.9. The molecule has 1 fully saturated rings. The van der Waals surface area contributed by atoms with Gasteiger partial charge in [0.1, 0.15) is 11.3 Å². The topological polar surface area (TPSA) is 131 Å². The maximum Gasteiger partial charge on any atom is 0.337 e. The van der Waals surface area contributed by atoms with Gasteiger partial charge >= 0.3 is 5.97 Å². The van der Waals surface area contributed by atoms with Crippen LogP contribution in [0.3, 0.4) is 0 Å². The van der Waals surface area contributed by atoms with Crippen LogP contribution in [0.25, 0.3) is 33.1 Å². The van der Waals surface area contributed by atoms with E-state index in [1.165, 1.54) is 6.20 Å². The largest absolute Gasteiger partial charge is 0.478 e. The van der Waals surface area contributed by atoms with E-state index >= 15 is 0 Å². The molecule has 10 heteroatoms. The number of nitrogens with zero attached hydrogens (tertiary/aromatic N) is 5. The number of benzene rings is 1. The number of carbonyl (C=O) groups is 1. The Morgan fingerprint density at radius 1 is 0.971 bits per heavy atom. The molecule has 0 unspecified atom stereocenters. The maximum absolute atomic E-state index is 12.4. The number of aromatic carboxylic acids is 1. The summed E-state index contributed by atoms with van der Waals surface area (Å²) in [6.07, 6.45) is 4.88. The Labute approximate surface area is 198 Å². The molecule has 1 aliphatic heterocycles. The summed E-state index contributed by atoms with van der Waals surface area (Å²) < 4.78 is 0. The lowest BCUT2D eigenvalue weighted by Gasteiger charge is -2.35. The second kappa shape index (κ2) is 8.24. The molecule has 0 spiro atoms. The molecule has 0 amide bonds. The Hall–Kier alpha value is -4.73. The molecule has 4 aromatic heterocycles. The van der Waals surface area contributed by atoms with Gasteiger partial charge in [-0.05, 0) is 30.3 Å². The number of aromatic amines is 2. The fraction of sp³-hybridized carbons (Fsp3) is 0.160. The van der Waals surface area contributed by atoms with Crippen LogP contribution < -0.4 is 15.4 Å². The Balaban J connectivity index is 1.33. The fourth-order valence-electron chi connectivity index (χ4n) is 4.59. The first-order valence-corrected chi connectivity index (χ1v) is 11.2. The molecule has 0 bridgehead atoms. The van der Waals surface area contributed by atoms with Crippen molar-refractivity contribution < 1.29 is 9.90 Å². The number of hydrogen-bond donors (Lipinski definition) is 3. The molecule has 0 saturated carbocycles. The lowest BCUT2D eigenvalue weighted by atomic mass is 10.0. The number of nitrogens with one attached hydrogen (secondary N) is 2. The van der Waals surface area contributed by atoms with E-state index in [1.807, 2.05) is 36.4 Å². The molecule has 1 saturated heterocycles. The van der Waals surface area contributed by atoms with Crippen LogP contribution in [-0.2, 0) is 0 Å². The van der Waals surface area contributed by atoms with E-state index in [4.69, 9.17) is 4.98 Å². The van der Waals surface area contributed by atoms with E-state index in [9.17, 15) is 14.7 Å². The highest BCUT2D eigenvalue weighted by Gasteiger charge is 2.21. The summed E-state index contributed by atoms with van der Waals surface area (Å²) in [6.45, 7) is 3.17. The molecule has 3 N–H and O–H groups in total. The lowest BCUT2D eigenvalue weighted by Crippen LogP contribution is -2.47. The number of hydrogen-bond acceptors (Lipinski definition) is 7. The van der Waals surface area contributed by atoms with Crippen LogP contribution >= 0.6 is 0 Å². The van der Waals surface area contributed by atoms with Gasteiger partial charge in [0.15, 0.2) is 0 Å². The molecule has 1 aromatic carbocycles. The molecule has 1 aliphatic rings. The minimum Gasteiger partial charge on any atom is -0.478 e. The van der Waals surface area contributed by atoms with Crippen molar-refractivity contribution >= 4 is 39.5 Å². The standard InChI is InChI=1S/C25H21N7O3/c33-23-22-21(17(14-28-22)24(34)35)16-13-15(4-5-19(16)29-23)18-6-8-27-25(30-18)32-11-9-31(10-12-32)20-3-1-2-7-26-20/h1-8,13-14,28H,9-12H2,(H,29,33)(H,34,35). The van der Waals surface area contributed by atoms with E-state index < -0.39 is 5.97 Å². The number of piperazine rings is 1. The van der Waals surface area contributed by atoms with Crippen LogP contribution in [0.4, 0.5) is 11.8 Å². The second-order valence-corrected chi connectivity index (χ2v) is 8.38. The lowest BCUT2D eigenvalue weighted by molar-refractivity contribution is 0.0699. The number of rotatable bonds is 4. The Kier molecular flexibility index (Phi) is 4.91. The summed E-state index contributed by atoms with van der Waals surface area (Å²) in [7, 11) is 0. The predicted octanol–water partition coefficient (Wildman–Crippen LogP) is 2.89. The van der Waals surface area contributed by atoms with Crippen LogP contribution in [0.2, 0.25) is 0 Å². The van der Waals surface area contributed by atoms with E-state index in [0.29, 0.717) is 22.2 Å². The summed E-state index contributed by atoms with van der Waals surface area (Å²) in [5.41, 5.74) is 2.02. The zero-order valence-electron chi connectivity index (χ0n) is 18.6. The average Bonchev–Trinajstić information content (AvgIpc) is 3.36. The molecule has 5 heterocycles. The number of carboxylic acids is 1. The molecule has 0 radical (unpaired) electrons. The van der Waals surface area contributed by atoms with Crippen LogP contribution in [0.5, 0.6) is 0 Å². The van der Waals surface area contributed by atoms with E-state index in [-0.39, 0.29) is 16.6 Å². The van der Waals surface area contributed by atoms with Gasteiger partial charge in [-0.2, -0.15) is 0 Å². The number of carboxylic acid groups (broad SMARTS) is 1. The maximum atomic E-state index is 12.4. The molecule has 10 nitrogen and oxygen atoms in total. The van der Waals surface area contributed by atoms with Gasteiger partial charge < -0.3 is 24.9 Å². The van der Waals surface area contributed by atoms with Gasteiger partial charge in [0, 0.05) is 66.6 Å². The first kappa shape index (κ1) is 20.8. The zero-order valence-corrected chi connectivity index (χ0v) is 18.6. The highest BCUT2D eigenvalue weighted by Crippen LogP contribution is 2.29. The second-order valence-electron chi connectivity index (χ2n) is 8.38. The Morgan fingerprint density at radius 3 is 2.57 bits per heavy atom. The number of pyridine rings is 2. The van der Waals surface area contributed by atoms with Crippen LogP contribution in [0.1, 0.15) is 10.4 Å². The van der Waals surface area contributed by atoms with Crippen molar-refractivity contribution in [1.29, 1.82) is 0 Å². The summed E-state index contributed by atoms with van der Waals surface area (Å²) in [5, 5.41) is 10.6. The molecule has 35 heavy (non-hydrogen) atoms. The minimum atomic E-state index is -1.09. The van der Waals surface area contributed by atoms with Crippen LogP contribution in [-0.4, -0.2) is 62.2 Å². The molecule has 0 atom stereocenters. The van der Waals surface area contributed by atoms with Crippen molar-refractivity contribution in [1.82, 2.24) is 24.9 Å². The van der Waals surface area contributed by atoms with Gasteiger partial charge in [-0.15, -0.1) is 0 Å². The van der Waals surface area contributed by atoms with Crippen molar-refractivity contribution in [2.75, 3.05) is 36.0 Å². The molecule has 174 valence electrons. The SMILES string of the molecule is O=C(O)c1c[nH]c2c(=O)[nH]c3ccc(-c4ccnc(N5CCN(c6ccccn6)CC5)n4)cc3c12. The third-order valence-electron chi connectivity index (χ3n) is 6.35. The van der Waals surface area contributed by atoms with Gasteiger partial charge in [-0.1, -0.05) is 12.1 Å². The first-order chi connectivity index (χ1) is 17.1. The minimum absolute atomic E-state index is 0.0578. The monoisotopic (exact) mass is 467 g/mol. The number of fused-ring (bicyclic) bond motifs is 3. The van der Waals surface area contributed by atoms with E-state index in [0.717, 1.165) is 43.3 Å². The normalized spacial score (nSPS) is 14.1. The van der Waals surface area contributed by atoms with Crippen molar-refractivity contribution in [2.24, 2.45) is 0 Å². The first-order valence-electron chi connectivity index (χ1n) is 11.2. The van der Waals surface area contributed by atoms with Gasteiger partial charge in [0.25, 0.3) is 5.56 Å². The van der Waals surface area contributed by atoms with Gasteiger partial charge in [0.05, 0.1) is 11.3 Å². The predicted molar refractivity (Wildman–Crippen MR) is 133 cm³/mol. The van der Waals surface area contributed by atoms with Crippen LogP contribution in [0, 0.1) is 0 Å². The van der Waals surface area contributed by atoms with Gasteiger partial charge in [0.2, 0.25) is 5.95 Å². The fourth-order valence-corrected chi connectivity index (χ4v) is 4.59. The molecular formula is C25H21N7O3. The van der Waals surface area contributed by atoms with Crippen molar-refractivity contribution in [3.63, 3.8) is 0 Å². The third-order valence-corrected chi connectivity index (χ3v) is 6.35. The van der Waals surface area contributed by atoms with E-state index in [2.05, 4.69) is 29.7 Å². The quantitative estimate of drug-likeness (QED) is 0.368. The molecular weight excluding hydrogens is 446 g/mol. The summed E-state index contributed by atoms with van der Waals surface area (Å²) in [6, 6.07) is 13.2. The summed E-state index contributed by atoms with van der Waals surface area (Å²) >= 11 is 0. The van der Waals surface area contributed by atoms with Crippen molar-refractivity contribution in [2.45, 2.75) is 0 Å². The van der Waals surface area contributed by atoms with Crippen LogP contribution in [0.15, 0.2) is 65.8 Å². The molecule has 5 aromatic rings. The smallest absolute Gasteiger partial charge is 0.337 e.